The molecule has 0 saturated carbocycles. The molecule has 106 valence electrons. The summed E-state index contributed by atoms with van der Waals surface area (Å²) >= 11 is 0. The Hall–Kier alpha value is -1.17. The number of methoxy groups -OCH3 is 1. The average molecular weight is 265 g/mol. The van der Waals surface area contributed by atoms with Crippen LogP contribution >= 0.6 is 0 Å². The van der Waals surface area contributed by atoms with Crippen LogP contribution in [0.3, 0.4) is 0 Å². The highest BCUT2D eigenvalue weighted by Crippen LogP contribution is 2.11. The fraction of sp³-hybridized carbons (Fsp3) is 0.643. The third-order valence-electron chi connectivity index (χ3n) is 3.47. The Morgan fingerprint density at radius 2 is 2.00 bits per heavy atom. The molecule has 0 radical (unpaired) electrons. The van der Waals surface area contributed by atoms with Gasteiger partial charge < -0.3 is 9.84 Å². The van der Waals surface area contributed by atoms with E-state index in [1.54, 1.807) is 7.11 Å². The van der Waals surface area contributed by atoms with E-state index < -0.39 is 0 Å². The number of aliphatic hydroxyl groups excluding tert-OH is 1. The zero-order valence-corrected chi connectivity index (χ0v) is 11.6. The first-order valence-electron chi connectivity index (χ1n) is 6.87. The van der Waals surface area contributed by atoms with Gasteiger partial charge in [0.2, 0.25) is 5.88 Å². The Morgan fingerprint density at radius 3 is 2.79 bits per heavy atom. The molecule has 5 nitrogen and oxygen atoms in total. The Bertz CT molecular complexity index is 387. The molecular weight excluding hydrogens is 242 g/mol. The summed E-state index contributed by atoms with van der Waals surface area (Å²) in [5, 5.41) is 8.99. The second kappa shape index (κ2) is 7.43. The van der Waals surface area contributed by atoms with E-state index in [1.807, 2.05) is 18.2 Å². The number of ether oxygens (including phenoxy) is 1. The third-order valence-corrected chi connectivity index (χ3v) is 3.47. The number of pyridine rings is 1. The molecule has 5 heteroatoms. The van der Waals surface area contributed by atoms with Gasteiger partial charge in [0.1, 0.15) is 0 Å². The summed E-state index contributed by atoms with van der Waals surface area (Å²) in [7, 11) is 1.64. The topological polar surface area (TPSA) is 48.8 Å². The number of aromatic nitrogens is 1. The Kier molecular flexibility index (Phi) is 5.57. The molecule has 0 aromatic carbocycles. The van der Waals surface area contributed by atoms with E-state index in [-0.39, 0.29) is 6.61 Å². The molecule has 0 aliphatic carbocycles. The normalized spacial score (nSPS) is 18.2. The lowest BCUT2D eigenvalue weighted by atomic mass is 10.3. The SMILES string of the molecule is COc1cccc(CN2CCCN(CCO)CC2)n1. The van der Waals surface area contributed by atoms with Crippen LogP contribution in [0.15, 0.2) is 18.2 Å². The predicted octanol–water partition coefficient (Wildman–Crippen LogP) is 0.590. The molecule has 0 bridgehead atoms. The van der Waals surface area contributed by atoms with Gasteiger partial charge in [-0.15, -0.1) is 0 Å². The fourth-order valence-corrected chi connectivity index (χ4v) is 2.44. The molecule has 2 heterocycles. The molecule has 2 rings (SSSR count). The van der Waals surface area contributed by atoms with Gasteiger partial charge in [-0.3, -0.25) is 9.80 Å². The van der Waals surface area contributed by atoms with E-state index in [0.29, 0.717) is 5.88 Å². The van der Waals surface area contributed by atoms with Crippen molar-refractivity contribution in [2.75, 3.05) is 46.4 Å². The zero-order valence-electron chi connectivity index (χ0n) is 11.6. The number of aliphatic hydroxyl groups is 1. The van der Waals surface area contributed by atoms with Crippen LogP contribution in [0.5, 0.6) is 5.88 Å². The molecular formula is C14H23N3O2. The molecule has 19 heavy (non-hydrogen) atoms. The minimum absolute atomic E-state index is 0.247. The summed E-state index contributed by atoms with van der Waals surface area (Å²) in [6, 6.07) is 5.89. The number of hydrogen-bond donors (Lipinski definition) is 1. The molecule has 0 amide bonds. The summed E-state index contributed by atoms with van der Waals surface area (Å²) in [5.74, 6) is 0.675. The molecule has 1 N–H and O–H groups in total. The number of hydrogen-bond acceptors (Lipinski definition) is 5. The van der Waals surface area contributed by atoms with Crippen LogP contribution < -0.4 is 4.74 Å². The van der Waals surface area contributed by atoms with Gasteiger partial charge in [0, 0.05) is 32.2 Å². The van der Waals surface area contributed by atoms with Gasteiger partial charge in [-0.05, 0) is 25.6 Å². The minimum Gasteiger partial charge on any atom is -0.481 e. The van der Waals surface area contributed by atoms with Gasteiger partial charge in [-0.25, -0.2) is 4.98 Å². The molecule has 0 atom stereocenters. The van der Waals surface area contributed by atoms with E-state index in [9.17, 15) is 0 Å². The Labute approximate surface area is 114 Å². The monoisotopic (exact) mass is 265 g/mol. The lowest BCUT2D eigenvalue weighted by Crippen LogP contribution is -2.32. The fourth-order valence-electron chi connectivity index (χ4n) is 2.44. The molecule has 1 aliphatic rings. The first kappa shape index (κ1) is 14.2. The van der Waals surface area contributed by atoms with Crippen molar-refractivity contribution in [3.8, 4) is 5.88 Å². The lowest BCUT2D eigenvalue weighted by molar-refractivity contribution is 0.195. The summed E-state index contributed by atoms with van der Waals surface area (Å²) in [5.41, 5.74) is 1.05. The van der Waals surface area contributed by atoms with Gasteiger partial charge in [-0.1, -0.05) is 6.07 Å². The maximum Gasteiger partial charge on any atom is 0.213 e. The second-order valence-electron chi connectivity index (χ2n) is 4.87. The van der Waals surface area contributed by atoms with Crippen LogP contribution in [-0.2, 0) is 6.54 Å². The average Bonchev–Trinajstić information content (AvgIpc) is 2.65. The maximum absolute atomic E-state index is 8.99. The lowest BCUT2D eigenvalue weighted by Gasteiger charge is -2.21. The van der Waals surface area contributed by atoms with Gasteiger partial charge in [0.25, 0.3) is 0 Å². The van der Waals surface area contributed by atoms with Crippen molar-refractivity contribution in [1.29, 1.82) is 0 Å². The number of rotatable bonds is 5. The van der Waals surface area contributed by atoms with Crippen molar-refractivity contribution < 1.29 is 9.84 Å². The standard InChI is InChI=1S/C14H23N3O2/c1-19-14-5-2-4-13(15-14)12-17-7-3-6-16(8-9-17)10-11-18/h2,4-5,18H,3,6-12H2,1H3. The highest BCUT2D eigenvalue weighted by atomic mass is 16.5. The summed E-state index contributed by atoms with van der Waals surface area (Å²) in [4.78, 5) is 9.19. The van der Waals surface area contributed by atoms with E-state index in [4.69, 9.17) is 9.84 Å². The molecule has 1 fully saturated rings. The van der Waals surface area contributed by atoms with Crippen LogP contribution in [0, 0.1) is 0 Å². The Morgan fingerprint density at radius 1 is 1.21 bits per heavy atom. The van der Waals surface area contributed by atoms with E-state index in [1.165, 1.54) is 0 Å². The van der Waals surface area contributed by atoms with E-state index in [2.05, 4.69) is 14.8 Å². The van der Waals surface area contributed by atoms with Crippen molar-refractivity contribution in [2.45, 2.75) is 13.0 Å². The van der Waals surface area contributed by atoms with Gasteiger partial charge in [0.15, 0.2) is 0 Å². The summed E-state index contributed by atoms with van der Waals surface area (Å²) in [6.45, 7) is 6.10. The zero-order chi connectivity index (χ0) is 13.5. The quantitative estimate of drug-likeness (QED) is 0.844. The first-order chi connectivity index (χ1) is 9.31. The van der Waals surface area contributed by atoms with Crippen LogP contribution in [0.25, 0.3) is 0 Å². The first-order valence-corrected chi connectivity index (χ1v) is 6.87. The molecule has 0 unspecified atom stereocenters. The third kappa shape index (κ3) is 4.45. The van der Waals surface area contributed by atoms with Crippen LogP contribution in [0.1, 0.15) is 12.1 Å². The predicted molar refractivity (Wildman–Crippen MR) is 74.2 cm³/mol. The van der Waals surface area contributed by atoms with Crippen LogP contribution in [0.4, 0.5) is 0 Å². The minimum atomic E-state index is 0.247. The summed E-state index contributed by atoms with van der Waals surface area (Å²) in [6.07, 6.45) is 1.14. The maximum atomic E-state index is 8.99. The van der Waals surface area contributed by atoms with Crippen LogP contribution in [0.2, 0.25) is 0 Å². The van der Waals surface area contributed by atoms with Crippen molar-refractivity contribution >= 4 is 0 Å². The van der Waals surface area contributed by atoms with Crippen molar-refractivity contribution in [3.05, 3.63) is 23.9 Å². The highest BCUT2D eigenvalue weighted by molar-refractivity contribution is 5.15. The second-order valence-corrected chi connectivity index (χ2v) is 4.87. The molecule has 1 aromatic rings. The number of β-amino-alcohol motifs (C(OH)–C–C–N with tert-alkyl or cyclic N) is 1. The van der Waals surface area contributed by atoms with Crippen molar-refractivity contribution in [2.24, 2.45) is 0 Å². The Balaban J connectivity index is 1.88. The largest absolute Gasteiger partial charge is 0.481 e. The van der Waals surface area contributed by atoms with Crippen molar-refractivity contribution in [1.82, 2.24) is 14.8 Å². The van der Waals surface area contributed by atoms with Gasteiger partial charge >= 0.3 is 0 Å². The van der Waals surface area contributed by atoms with Gasteiger partial charge in [-0.2, -0.15) is 0 Å². The molecule has 0 spiro atoms. The molecule has 1 aromatic heterocycles. The van der Waals surface area contributed by atoms with Gasteiger partial charge in [0.05, 0.1) is 19.4 Å². The van der Waals surface area contributed by atoms with E-state index >= 15 is 0 Å². The van der Waals surface area contributed by atoms with E-state index in [0.717, 1.165) is 51.4 Å². The molecule has 1 aliphatic heterocycles. The smallest absolute Gasteiger partial charge is 0.213 e. The molecule has 1 saturated heterocycles. The van der Waals surface area contributed by atoms with Crippen LogP contribution in [-0.4, -0.2) is 66.3 Å². The number of nitrogens with zero attached hydrogens (tertiary/aromatic N) is 3. The highest BCUT2D eigenvalue weighted by Gasteiger charge is 2.14. The summed E-state index contributed by atoms with van der Waals surface area (Å²) < 4.78 is 5.15. The van der Waals surface area contributed by atoms with Crippen molar-refractivity contribution in [3.63, 3.8) is 0 Å².